The number of fused-ring (bicyclic) bond motifs is 1. The van der Waals surface area contributed by atoms with Crippen molar-refractivity contribution < 1.29 is 14.3 Å². The van der Waals surface area contributed by atoms with Crippen molar-refractivity contribution in [2.24, 2.45) is 5.92 Å². The average Bonchev–Trinajstić information content (AvgIpc) is 3.42. The van der Waals surface area contributed by atoms with E-state index in [-0.39, 0.29) is 11.9 Å². The highest BCUT2D eigenvalue weighted by Gasteiger charge is 2.43. The molecule has 0 spiro atoms. The van der Waals surface area contributed by atoms with Gasteiger partial charge in [-0.25, -0.2) is 0 Å². The normalized spacial score (nSPS) is 24.5. The lowest BCUT2D eigenvalue weighted by Gasteiger charge is -2.28. The minimum absolute atomic E-state index is 0.0645. The van der Waals surface area contributed by atoms with Crippen LogP contribution in [0.1, 0.15) is 44.2 Å². The van der Waals surface area contributed by atoms with Crippen LogP contribution in [0.3, 0.4) is 0 Å². The molecule has 0 bridgehead atoms. The van der Waals surface area contributed by atoms with Gasteiger partial charge in [-0.05, 0) is 62.8 Å². The number of hydrogen-bond donors (Lipinski definition) is 1. The SMILES string of the molecule is C[C@](C#N)(NC(=O)CN1CCC[C@H]1c1ccc2c(c1)OCCO2)C1CC1. The fourth-order valence-corrected chi connectivity index (χ4v) is 4.06. The third-order valence-electron chi connectivity index (χ3n) is 5.69. The van der Waals surface area contributed by atoms with E-state index >= 15 is 0 Å². The molecule has 0 aromatic heterocycles. The predicted octanol–water partition coefficient (Wildman–Crippen LogP) is 2.40. The molecule has 4 rings (SSSR count). The molecule has 1 saturated heterocycles. The van der Waals surface area contributed by atoms with Crippen LogP contribution in [-0.2, 0) is 4.79 Å². The summed E-state index contributed by atoms with van der Waals surface area (Å²) in [6, 6.07) is 8.56. The number of nitriles is 1. The highest BCUT2D eigenvalue weighted by molar-refractivity contribution is 5.79. The largest absolute Gasteiger partial charge is 0.486 e. The molecule has 3 aliphatic rings. The predicted molar refractivity (Wildman–Crippen MR) is 95.9 cm³/mol. The Balaban J connectivity index is 1.43. The summed E-state index contributed by atoms with van der Waals surface area (Å²) in [4.78, 5) is 14.8. The Kier molecular flexibility index (Phi) is 4.49. The van der Waals surface area contributed by atoms with Crippen LogP contribution in [0, 0.1) is 17.2 Å². The van der Waals surface area contributed by atoms with Crippen molar-refractivity contribution in [3.8, 4) is 17.6 Å². The number of nitrogens with zero attached hydrogens (tertiary/aromatic N) is 2. The summed E-state index contributed by atoms with van der Waals surface area (Å²) in [5, 5.41) is 12.4. The Morgan fingerprint density at radius 2 is 2.08 bits per heavy atom. The molecule has 1 saturated carbocycles. The van der Waals surface area contributed by atoms with Gasteiger partial charge in [0.05, 0.1) is 12.6 Å². The van der Waals surface area contributed by atoms with E-state index in [4.69, 9.17) is 9.47 Å². The third-order valence-corrected chi connectivity index (χ3v) is 5.69. The first-order chi connectivity index (χ1) is 12.6. The summed E-state index contributed by atoms with van der Waals surface area (Å²) < 4.78 is 11.3. The fraction of sp³-hybridized carbons (Fsp3) is 0.600. The molecule has 1 N–H and O–H groups in total. The van der Waals surface area contributed by atoms with Gasteiger partial charge >= 0.3 is 0 Å². The molecule has 0 radical (unpaired) electrons. The first kappa shape index (κ1) is 17.2. The van der Waals surface area contributed by atoms with Crippen LogP contribution in [-0.4, -0.2) is 42.6 Å². The number of hydrogen-bond acceptors (Lipinski definition) is 5. The van der Waals surface area contributed by atoms with Gasteiger partial charge in [0.25, 0.3) is 0 Å². The third kappa shape index (κ3) is 3.36. The van der Waals surface area contributed by atoms with Gasteiger partial charge in [0.15, 0.2) is 11.5 Å². The second-order valence-electron chi connectivity index (χ2n) is 7.67. The second kappa shape index (κ2) is 6.81. The number of carbonyl (C=O) groups is 1. The smallest absolute Gasteiger partial charge is 0.235 e. The van der Waals surface area contributed by atoms with E-state index in [0.717, 1.165) is 49.3 Å². The minimum atomic E-state index is -0.733. The fourth-order valence-electron chi connectivity index (χ4n) is 4.06. The molecule has 0 unspecified atom stereocenters. The maximum atomic E-state index is 12.6. The number of nitrogens with one attached hydrogen (secondary N) is 1. The molecular weight excluding hydrogens is 330 g/mol. The number of rotatable bonds is 5. The molecule has 1 aromatic carbocycles. The quantitative estimate of drug-likeness (QED) is 0.878. The maximum Gasteiger partial charge on any atom is 0.235 e. The van der Waals surface area contributed by atoms with Crippen LogP contribution >= 0.6 is 0 Å². The standard InChI is InChI=1S/C20H25N3O3/c1-20(13-21,15-5-6-15)22-19(24)12-23-8-2-3-16(23)14-4-7-17-18(11-14)26-10-9-25-17/h4,7,11,15-16H,2-3,5-6,8-10,12H2,1H3,(H,22,24)/t16-,20+/m0/s1. The Morgan fingerprint density at radius 1 is 1.31 bits per heavy atom. The van der Waals surface area contributed by atoms with E-state index in [1.54, 1.807) is 0 Å². The van der Waals surface area contributed by atoms with Gasteiger partial charge in [-0.2, -0.15) is 5.26 Å². The number of benzene rings is 1. The molecule has 1 aliphatic carbocycles. The molecule has 2 aliphatic heterocycles. The molecule has 1 amide bonds. The van der Waals surface area contributed by atoms with Gasteiger partial charge in [-0.1, -0.05) is 6.07 Å². The van der Waals surface area contributed by atoms with Crippen molar-refractivity contribution in [3.63, 3.8) is 0 Å². The highest BCUT2D eigenvalue weighted by Crippen LogP contribution is 2.40. The van der Waals surface area contributed by atoms with Gasteiger partial charge in [-0.15, -0.1) is 0 Å². The Labute approximate surface area is 154 Å². The molecule has 2 heterocycles. The summed E-state index contributed by atoms with van der Waals surface area (Å²) in [6.07, 6.45) is 4.12. The molecule has 6 nitrogen and oxygen atoms in total. The lowest BCUT2D eigenvalue weighted by Crippen LogP contribution is -2.50. The van der Waals surface area contributed by atoms with E-state index in [1.165, 1.54) is 0 Å². The summed E-state index contributed by atoms with van der Waals surface area (Å²) in [5.41, 5.74) is 0.424. The summed E-state index contributed by atoms with van der Waals surface area (Å²) in [6.45, 7) is 4.20. The summed E-state index contributed by atoms with van der Waals surface area (Å²) in [7, 11) is 0. The van der Waals surface area contributed by atoms with Gasteiger partial charge < -0.3 is 14.8 Å². The molecular formula is C20H25N3O3. The first-order valence-electron chi connectivity index (χ1n) is 9.45. The lowest BCUT2D eigenvalue weighted by molar-refractivity contribution is -0.123. The van der Waals surface area contributed by atoms with Gasteiger partial charge in [0.2, 0.25) is 5.91 Å². The Bertz CT molecular complexity index is 740. The zero-order chi connectivity index (χ0) is 18.1. The van der Waals surface area contributed by atoms with Crippen molar-refractivity contribution in [2.75, 3.05) is 26.3 Å². The van der Waals surface area contributed by atoms with Crippen LogP contribution in [0.4, 0.5) is 0 Å². The Hall–Kier alpha value is -2.26. The molecule has 2 atom stereocenters. The van der Waals surface area contributed by atoms with E-state index < -0.39 is 5.54 Å². The van der Waals surface area contributed by atoms with E-state index in [2.05, 4.69) is 22.4 Å². The van der Waals surface area contributed by atoms with E-state index in [1.807, 2.05) is 19.1 Å². The number of amides is 1. The molecule has 6 heteroatoms. The van der Waals surface area contributed by atoms with Gasteiger partial charge in [0, 0.05) is 6.04 Å². The monoisotopic (exact) mass is 355 g/mol. The van der Waals surface area contributed by atoms with E-state index in [9.17, 15) is 10.1 Å². The van der Waals surface area contributed by atoms with Crippen molar-refractivity contribution in [1.29, 1.82) is 5.26 Å². The van der Waals surface area contributed by atoms with Crippen molar-refractivity contribution >= 4 is 5.91 Å². The van der Waals surface area contributed by atoms with Crippen LogP contribution in [0.25, 0.3) is 0 Å². The topological polar surface area (TPSA) is 74.6 Å². The van der Waals surface area contributed by atoms with Crippen LogP contribution < -0.4 is 14.8 Å². The summed E-state index contributed by atoms with van der Waals surface area (Å²) >= 11 is 0. The number of ether oxygens (including phenoxy) is 2. The van der Waals surface area contributed by atoms with Crippen LogP contribution in [0.15, 0.2) is 18.2 Å². The van der Waals surface area contributed by atoms with Crippen molar-refractivity contribution in [2.45, 2.75) is 44.2 Å². The van der Waals surface area contributed by atoms with E-state index in [0.29, 0.717) is 25.7 Å². The van der Waals surface area contributed by atoms with Gasteiger partial charge in [-0.3, -0.25) is 9.69 Å². The first-order valence-corrected chi connectivity index (χ1v) is 9.45. The maximum absolute atomic E-state index is 12.6. The molecule has 138 valence electrons. The lowest BCUT2D eigenvalue weighted by atomic mass is 9.98. The molecule has 26 heavy (non-hydrogen) atoms. The van der Waals surface area contributed by atoms with Crippen molar-refractivity contribution in [1.82, 2.24) is 10.2 Å². The molecule has 1 aromatic rings. The van der Waals surface area contributed by atoms with Crippen LogP contribution in [0.5, 0.6) is 11.5 Å². The highest BCUT2D eigenvalue weighted by atomic mass is 16.6. The minimum Gasteiger partial charge on any atom is -0.486 e. The zero-order valence-corrected chi connectivity index (χ0v) is 15.2. The average molecular weight is 355 g/mol. The number of likely N-dealkylation sites (tertiary alicyclic amines) is 1. The van der Waals surface area contributed by atoms with Crippen molar-refractivity contribution in [3.05, 3.63) is 23.8 Å². The summed E-state index contributed by atoms with van der Waals surface area (Å²) in [5.74, 6) is 1.81. The van der Waals surface area contributed by atoms with Gasteiger partial charge in [0.1, 0.15) is 18.8 Å². The second-order valence-corrected chi connectivity index (χ2v) is 7.67. The van der Waals surface area contributed by atoms with Crippen LogP contribution in [0.2, 0.25) is 0 Å². The number of carbonyl (C=O) groups excluding carboxylic acids is 1. The Morgan fingerprint density at radius 3 is 2.81 bits per heavy atom. The zero-order valence-electron chi connectivity index (χ0n) is 15.2. The molecule has 2 fully saturated rings.